The summed E-state index contributed by atoms with van der Waals surface area (Å²) in [6.45, 7) is 9.65. The van der Waals surface area contributed by atoms with Gasteiger partial charge in [-0.25, -0.2) is 4.68 Å². The van der Waals surface area contributed by atoms with E-state index in [-0.39, 0.29) is 23.3 Å². The van der Waals surface area contributed by atoms with Crippen LogP contribution < -0.4 is 22.0 Å². The molecule has 0 atom stereocenters. The lowest BCUT2D eigenvalue weighted by Gasteiger charge is -2.19. The second-order valence-electron chi connectivity index (χ2n) is 8.44. The molecule has 0 bridgehead atoms. The number of benzene rings is 1. The maximum absolute atomic E-state index is 12.8. The number of carbonyl (C=O) groups is 1. The van der Waals surface area contributed by atoms with E-state index in [0.29, 0.717) is 30.2 Å². The van der Waals surface area contributed by atoms with Gasteiger partial charge in [0.1, 0.15) is 0 Å². The maximum Gasteiger partial charge on any atom is 0.272 e. The van der Waals surface area contributed by atoms with Crippen molar-refractivity contribution in [3.8, 4) is 0 Å². The highest BCUT2D eigenvalue weighted by Crippen LogP contribution is 2.17. The summed E-state index contributed by atoms with van der Waals surface area (Å²) >= 11 is 6.04. The number of halogens is 1. The largest absolute Gasteiger partial charge is 0.352 e. The van der Waals surface area contributed by atoms with Crippen LogP contribution in [0.25, 0.3) is 0 Å². The molecule has 1 amide bonds. The summed E-state index contributed by atoms with van der Waals surface area (Å²) in [4.78, 5) is 25.3. The first kappa shape index (κ1) is 23.0. The molecule has 0 fully saturated rings. The molecular formula is C22H31ClN4O2. The summed E-state index contributed by atoms with van der Waals surface area (Å²) in [5, 5.41) is 3.46. The highest BCUT2D eigenvalue weighted by Gasteiger charge is 2.14. The molecule has 6 nitrogen and oxygen atoms in total. The number of aromatic nitrogens is 1. The van der Waals surface area contributed by atoms with Crippen LogP contribution in [0.2, 0.25) is 5.02 Å². The lowest BCUT2D eigenvalue weighted by atomic mass is 9.93. The van der Waals surface area contributed by atoms with Crippen molar-refractivity contribution in [3.05, 3.63) is 68.1 Å². The lowest BCUT2D eigenvalue weighted by Crippen LogP contribution is -2.35. The van der Waals surface area contributed by atoms with Crippen LogP contribution in [0.15, 0.2) is 35.3 Å². The van der Waals surface area contributed by atoms with Gasteiger partial charge in [-0.3, -0.25) is 9.59 Å². The van der Waals surface area contributed by atoms with E-state index in [0.717, 1.165) is 23.1 Å². The average molecular weight is 419 g/mol. The van der Waals surface area contributed by atoms with Crippen molar-refractivity contribution in [2.75, 3.05) is 12.0 Å². The molecule has 29 heavy (non-hydrogen) atoms. The van der Waals surface area contributed by atoms with E-state index < -0.39 is 0 Å². The molecule has 158 valence electrons. The van der Waals surface area contributed by atoms with Gasteiger partial charge in [0.05, 0.1) is 6.42 Å². The fourth-order valence-corrected chi connectivity index (χ4v) is 3.13. The number of nitrogens with zero attached hydrogens (tertiary/aromatic N) is 1. The lowest BCUT2D eigenvalue weighted by molar-refractivity contribution is -0.120. The topological polar surface area (TPSA) is 89.2 Å². The third-order valence-electron chi connectivity index (χ3n) is 4.79. The molecule has 2 aromatic rings. The second kappa shape index (κ2) is 9.94. The van der Waals surface area contributed by atoms with Gasteiger partial charge in [0.15, 0.2) is 0 Å². The quantitative estimate of drug-likeness (QED) is 0.614. The third-order valence-corrected chi connectivity index (χ3v) is 5.02. The molecule has 0 aliphatic rings. The van der Waals surface area contributed by atoms with Gasteiger partial charge in [0, 0.05) is 36.4 Å². The molecular weight excluding hydrogens is 388 g/mol. The molecule has 4 N–H and O–H groups in total. The number of nitrogens with one attached hydrogen (secondary N) is 2. The molecule has 1 aromatic carbocycles. The second-order valence-corrected chi connectivity index (χ2v) is 8.88. The molecule has 0 saturated carbocycles. The van der Waals surface area contributed by atoms with Crippen molar-refractivity contribution in [2.24, 2.45) is 11.1 Å². The van der Waals surface area contributed by atoms with Crippen LogP contribution in [-0.4, -0.2) is 17.1 Å². The summed E-state index contributed by atoms with van der Waals surface area (Å²) in [6, 6.07) is 7.27. The Labute approximate surface area is 177 Å². The number of nitrogens with two attached hydrogens (primary N) is 1. The van der Waals surface area contributed by atoms with E-state index in [9.17, 15) is 9.59 Å². The van der Waals surface area contributed by atoms with E-state index >= 15 is 0 Å². The molecule has 1 heterocycles. The fraction of sp³-hybridized carbons (Fsp3) is 0.455. The van der Waals surface area contributed by atoms with E-state index in [1.54, 1.807) is 18.3 Å². The molecule has 0 radical (unpaired) electrons. The van der Waals surface area contributed by atoms with Crippen LogP contribution in [-0.2, 0) is 24.3 Å². The number of aryl methyl sites for hydroxylation is 1. The molecule has 0 spiro atoms. The van der Waals surface area contributed by atoms with Crippen LogP contribution in [0.5, 0.6) is 0 Å². The van der Waals surface area contributed by atoms with Crippen LogP contribution in [0, 0.1) is 12.3 Å². The summed E-state index contributed by atoms with van der Waals surface area (Å²) in [5.74, 6) is -0.222. The Morgan fingerprint density at radius 3 is 2.59 bits per heavy atom. The minimum atomic E-state index is -0.222. The first-order valence-electron chi connectivity index (χ1n) is 9.80. The number of pyridine rings is 1. The Balaban J connectivity index is 2.05. The number of rotatable bonds is 8. The van der Waals surface area contributed by atoms with E-state index in [4.69, 9.17) is 17.3 Å². The maximum atomic E-state index is 12.8. The molecule has 0 saturated heterocycles. The first-order chi connectivity index (χ1) is 13.6. The zero-order valence-electron chi connectivity index (χ0n) is 17.6. The van der Waals surface area contributed by atoms with Gasteiger partial charge in [-0.2, -0.15) is 0 Å². The van der Waals surface area contributed by atoms with Crippen LogP contribution in [0.3, 0.4) is 0 Å². The van der Waals surface area contributed by atoms with E-state index in [1.807, 2.05) is 19.1 Å². The van der Waals surface area contributed by atoms with Gasteiger partial charge in [-0.15, -0.1) is 0 Å². The fourth-order valence-electron chi connectivity index (χ4n) is 2.93. The SMILES string of the molecule is Cc1ccn(NCCC(C)(C)C)c(=O)c1CC(=O)NCc1cc(Cl)ccc1CN. The number of carbonyl (C=O) groups excluding carboxylic acids is 1. The normalized spacial score (nSPS) is 11.4. The first-order valence-corrected chi connectivity index (χ1v) is 10.2. The van der Waals surface area contributed by atoms with Crippen LogP contribution in [0.1, 0.15) is 49.4 Å². The van der Waals surface area contributed by atoms with Gasteiger partial charge < -0.3 is 16.5 Å². The minimum absolute atomic E-state index is 0.0188. The summed E-state index contributed by atoms with van der Waals surface area (Å²) in [6.07, 6.45) is 2.65. The number of amides is 1. The molecule has 7 heteroatoms. The van der Waals surface area contributed by atoms with Crippen molar-refractivity contribution in [3.63, 3.8) is 0 Å². The highest BCUT2D eigenvalue weighted by atomic mass is 35.5. The summed E-state index contributed by atoms with van der Waals surface area (Å²) in [7, 11) is 0. The molecule has 0 aliphatic carbocycles. The summed E-state index contributed by atoms with van der Waals surface area (Å²) < 4.78 is 1.46. The van der Waals surface area contributed by atoms with Crippen molar-refractivity contribution in [2.45, 2.75) is 53.6 Å². The molecule has 1 aromatic heterocycles. The van der Waals surface area contributed by atoms with Gasteiger partial charge in [0.2, 0.25) is 5.91 Å². The Morgan fingerprint density at radius 1 is 1.21 bits per heavy atom. The Hall–Kier alpha value is -2.31. The zero-order valence-corrected chi connectivity index (χ0v) is 18.4. The molecule has 0 aliphatic heterocycles. The van der Waals surface area contributed by atoms with Crippen LogP contribution >= 0.6 is 11.6 Å². The molecule has 2 rings (SSSR count). The zero-order chi connectivity index (χ0) is 21.6. The van der Waals surface area contributed by atoms with Gasteiger partial charge in [-0.05, 0) is 53.6 Å². The molecule has 0 unspecified atom stereocenters. The van der Waals surface area contributed by atoms with E-state index in [2.05, 4.69) is 31.5 Å². The third kappa shape index (κ3) is 6.91. The predicted molar refractivity (Wildman–Crippen MR) is 119 cm³/mol. The Kier molecular flexibility index (Phi) is 7.88. The Bertz CT molecular complexity index is 916. The summed E-state index contributed by atoms with van der Waals surface area (Å²) in [5.41, 5.74) is 11.9. The number of hydrogen-bond acceptors (Lipinski definition) is 4. The van der Waals surface area contributed by atoms with Crippen molar-refractivity contribution in [1.82, 2.24) is 9.99 Å². The standard InChI is InChI=1S/C22H31ClN4O2/c1-15-7-10-27(26-9-8-22(2,3)4)21(29)19(15)12-20(28)25-14-17-11-18(23)6-5-16(17)13-24/h5-7,10-11,26H,8-9,12-14,24H2,1-4H3,(H,25,28). The number of hydrogen-bond donors (Lipinski definition) is 3. The van der Waals surface area contributed by atoms with Crippen molar-refractivity contribution >= 4 is 17.5 Å². The highest BCUT2D eigenvalue weighted by molar-refractivity contribution is 6.30. The monoisotopic (exact) mass is 418 g/mol. The van der Waals surface area contributed by atoms with Gasteiger partial charge in [-0.1, -0.05) is 38.4 Å². The van der Waals surface area contributed by atoms with Gasteiger partial charge in [0.25, 0.3) is 5.56 Å². The smallest absolute Gasteiger partial charge is 0.272 e. The minimum Gasteiger partial charge on any atom is -0.352 e. The van der Waals surface area contributed by atoms with Crippen molar-refractivity contribution in [1.29, 1.82) is 0 Å². The Morgan fingerprint density at radius 2 is 1.93 bits per heavy atom. The van der Waals surface area contributed by atoms with Crippen LogP contribution in [0.4, 0.5) is 0 Å². The average Bonchev–Trinajstić information content (AvgIpc) is 2.64. The van der Waals surface area contributed by atoms with E-state index in [1.165, 1.54) is 4.68 Å². The van der Waals surface area contributed by atoms with Crippen molar-refractivity contribution < 1.29 is 4.79 Å². The van der Waals surface area contributed by atoms with Gasteiger partial charge >= 0.3 is 0 Å². The predicted octanol–water partition coefficient (Wildman–Crippen LogP) is 3.11.